The molecule has 1 aliphatic heterocycles. The van der Waals surface area contributed by atoms with E-state index in [1.54, 1.807) is 22.7 Å². The Labute approximate surface area is 145 Å². The molecule has 0 bridgehead atoms. The summed E-state index contributed by atoms with van der Waals surface area (Å²) in [6, 6.07) is 8.19. The number of amides is 1. The van der Waals surface area contributed by atoms with Crippen LogP contribution in [0.15, 0.2) is 35.0 Å². The lowest BCUT2D eigenvalue weighted by Crippen LogP contribution is -2.26. The highest BCUT2D eigenvalue weighted by atomic mass is 32.1. The van der Waals surface area contributed by atoms with E-state index in [0.29, 0.717) is 11.7 Å². The Morgan fingerprint density at radius 3 is 2.65 bits per heavy atom. The first-order chi connectivity index (χ1) is 11.3. The summed E-state index contributed by atoms with van der Waals surface area (Å²) < 4.78 is 5.44. The van der Waals surface area contributed by atoms with Crippen molar-refractivity contribution in [1.29, 1.82) is 0 Å². The van der Waals surface area contributed by atoms with Crippen LogP contribution in [0.1, 0.15) is 12.8 Å². The average Bonchev–Trinajstić information content (AvgIpc) is 3.30. The fourth-order valence-corrected chi connectivity index (χ4v) is 5.12. The number of nitrogens with one attached hydrogen (secondary N) is 1. The van der Waals surface area contributed by atoms with Crippen molar-refractivity contribution in [2.45, 2.75) is 18.9 Å². The van der Waals surface area contributed by atoms with Gasteiger partial charge in [-0.05, 0) is 35.7 Å². The maximum absolute atomic E-state index is 12.2. The molecule has 4 heterocycles. The van der Waals surface area contributed by atoms with Crippen molar-refractivity contribution in [3.63, 3.8) is 0 Å². The van der Waals surface area contributed by atoms with Gasteiger partial charge in [0.2, 0.25) is 0 Å². The molecule has 3 aromatic rings. The van der Waals surface area contributed by atoms with Crippen molar-refractivity contribution < 1.29 is 9.53 Å². The molecule has 7 heteroatoms. The van der Waals surface area contributed by atoms with Gasteiger partial charge in [0.25, 0.3) is 5.91 Å². The molecular formula is C16H14N2O2S3. The molecule has 0 spiro atoms. The van der Waals surface area contributed by atoms with Gasteiger partial charge < -0.3 is 4.74 Å². The summed E-state index contributed by atoms with van der Waals surface area (Å²) in [5.74, 6) is -0.0910. The van der Waals surface area contributed by atoms with Crippen LogP contribution in [0.4, 0.5) is 5.13 Å². The summed E-state index contributed by atoms with van der Waals surface area (Å²) in [4.78, 5) is 20.3. The van der Waals surface area contributed by atoms with E-state index in [4.69, 9.17) is 4.74 Å². The third-order valence-corrected chi connectivity index (χ3v) is 6.48. The largest absolute Gasteiger partial charge is 0.368 e. The lowest BCUT2D eigenvalue weighted by molar-refractivity contribution is -0.124. The third kappa shape index (κ3) is 3.10. The molecule has 118 valence electrons. The lowest BCUT2D eigenvalue weighted by atomic mass is 10.2. The smallest absolute Gasteiger partial charge is 0.255 e. The number of rotatable bonds is 4. The summed E-state index contributed by atoms with van der Waals surface area (Å²) in [5, 5.41) is 7.65. The number of anilines is 1. The molecule has 1 fully saturated rings. The number of hydrogen-bond donors (Lipinski definition) is 1. The van der Waals surface area contributed by atoms with Crippen LogP contribution in [-0.2, 0) is 9.53 Å². The molecule has 4 nitrogen and oxygen atoms in total. The Balaban J connectivity index is 1.66. The maximum atomic E-state index is 12.2. The van der Waals surface area contributed by atoms with Crippen molar-refractivity contribution in [1.82, 2.24) is 4.98 Å². The Kier molecular flexibility index (Phi) is 4.26. The predicted octanol–water partition coefficient (Wildman–Crippen LogP) is 4.72. The normalized spacial score (nSPS) is 17.5. The van der Waals surface area contributed by atoms with Gasteiger partial charge in [-0.2, -0.15) is 0 Å². The second-order valence-corrected chi connectivity index (χ2v) is 8.04. The van der Waals surface area contributed by atoms with Crippen LogP contribution in [-0.4, -0.2) is 23.6 Å². The molecule has 1 aliphatic rings. The van der Waals surface area contributed by atoms with E-state index >= 15 is 0 Å². The van der Waals surface area contributed by atoms with E-state index < -0.39 is 0 Å². The Bertz CT molecular complexity index is 736. The Hall–Kier alpha value is -1.54. The fraction of sp³-hybridized carbons (Fsp3) is 0.250. The number of thiophene rings is 2. The summed E-state index contributed by atoms with van der Waals surface area (Å²) >= 11 is 4.86. The van der Waals surface area contributed by atoms with E-state index in [-0.39, 0.29) is 12.0 Å². The molecule has 1 N–H and O–H groups in total. The van der Waals surface area contributed by atoms with Gasteiger partial charge in [0, 0.05) is 11.5 Å². The van der Waals surface area contributed by atoms with Crippen molar-refractivity contribution in [2.75, 3.05) is 11.9 Å². The van der Waals surface area contributed by atoms with Gasteiger partial charge in [0.1, 0.15) is 11.8 Å². The zero-order chi connectivity index (χ0) is 15.6. The molecule has 0 aliphatic carbocycles. The minimum atomic E-state index is -0.339. The Morgan fingerprint density at radius 1 is 1.22 bits per heavy atom. The van der Waals surface area contributed by atoms with Crippen molar-refractivity contribution in [3.05, 3.63) is 35.0 Å². The first-order valence-corrected chi connectivity index (χ1v) is 9.90. The maximum Gasteiger partial charge on any atom is 0.255 e. The minimum absolute atomic E-state index is 0.0910. The highest BCUT2D eigenvalue weighted by Gasteiger charge is 2.25. The third-order valence-electron chi connectivity index (χ3n) is 3.58. The second-order valence-electron chi connectivity index (χ2n) is 5.14. The van der Waals surface area contributed by atoms with Crippen LogP contribution in [0, 0.1) is 0 Å². The molecule has 4 rings (SSSR count). The van der Waals surface area contributed by atoms with Gasteiger partial charge in [-0.25, -0.2) is 4.98 Å². The first-order valence-electron chi connectivity index (χ1n) is 7.32. The molecule has 1 saturated heterocycles. The molecule has 0 aromatic carbocycles. The fourth-order valence-electron chi connectivity index (χ4n) is 2.50. The Morgan fingerprint density at radius 2 is 2.00 bits per heavy atom. The zero-order valence-electron chi connectivity index (χ0n) is 12.2. The van der Waals surface area contributed by atoms with E-state index in [2.05, 4.69) is 27.8 Å². The average molecular weight is 363 g/mol. The SMILES string of the molecule is O=C(Nc1nc(-c2cccs2)c(-c2cccs2)s1)[C@@H]1CCCO1. The van der Waals surface area contributed by atoms with E-state index in [0.717, 1.165) is 28.3 Å². The molecular weight excluding hydrogens is 348 g/mol. The van der Waals surface area contributed by atoms with Gasteiger partial charge in [0.15, 0.2) is 5.13 Å². The number of nitrogens with zero attached hydrogens (tertiary/aromatic N) is 1. The van der Waals surface area contributed by atoms with Crippen LogP contribution in [0.5, 0.6) is 0 Å². The first kappa shape index (κ1) is 15.0. The number of thiazole rings is 1. The van der Waals surface area contributed by atoms with Crippen molar-refractivity contribution >= 4 is 45.0 Å². The zero-order valence-corrected chi connectivity index (χ0v) is 14.6. The topological polar surface area (TPSA) is 51.2 Å². The highest BCUT2D eigenvalue weighted by Crippen LogP contribution is 2.42. The molecule has 23 heavy (non-hydrogen) atoms. The molecule has 1 atom stereocenters. The molecule has 0 saturated carbocycles. The monoisotopic (exact) mass is 362 g/mol. The quantitative estimate of drug-likeness (QED) is 0.731. The van der Waals surface area contributed by atoms with Crippen molar-refractivity contribution in [3.8, 4) is 20.3 Å². The summed E-state index contributed by atoms with van der Waals surface area (Å²) in [5.41, 5.74) is 0.940. The molecule has 1 amide bonds. The lowest BCUT2D eigenvalue weighted by Gasteiger charge is -2.07. The predicted molar refractivity (Wildman–Crippen MR) is 96.3 cm³/mol. The van der Waals surface area contributed by atoms with Gasteiger partial charge in [-0.3, -0.25) is 10.1 Å². The standard InChI is InChI=1S/C16H14N2O2S3/c19-15(10-4-1-7-20-10)18-16-17-13(11-5-2-8-21-11)14(23-16)12-6-3-9-22-12/h2-3,5-6,8-10H,1,4,7H2,(H,17,18,19)/t10-/m0/s1. The van der Waals surface area contributed by atoms with Gasteiger partial charge in [-0.15, -0.1) is 22.7 Å². The van der Waals surface area contributed by atoms with Crippen LogP contribution in [0.25, 0.3) is 20.3 Å². The van der Waals surface area contributed by atoms with Crippen LogP contribution < -0.4 is 5.32 Å². The van der Waals surface area contributed by atoms with E-state index in [1.807, 2.05) is 17.5 Å². The summed E-state index contributed by atoms with van der Waals surface area (Å²) in [7, 11) is 0. The van der Waals surface area contributed by atoms with Gasteiger partial charge in [0.05, 0.1) is 9.75 Å². The number of carbonyl (C=O) groups is 1. The molecule has 3 aromatic heterocycles. The van der Waals surface area contributed by atoms with Crippen molar-refractivity contribution in [2.24, 2.45) is 0 Å². The molecule has 0 unspecified atom stereocenters. The van der Waals surface area contributed by atoms with Crippen LogP contribution in [0.2, 0.25) is 0 Å². The number of hydrogen-bond acceptors (Lipinski definition) is 6. The molecule has 0 radical (unpaired) electrons. The van der Waals surface area contributed by atoms with Crippen LogP contribution in [0.3, 0.4) is 0 Å². The summed E-state index contributed by atoms with van der Waals surface area (Å²) in [6.07, 6.45) is 1.39. The number of carbonyl (C=O) groups excluding carboxylic acids is 1. The van der Waals surface area contributed by atoms with Gasteiger partial charge in [-0.1, -0.05) is 23.5 Å². The second kappa shape index (κ2) is 6.52. The summed E-state index contributed by atoms with van der Waals surface area (Å²) in [6.45, 7) is 0.664. The van der Waals surface area contributed by atoms with Crippen LogP contribution >= 0.6 is 34.0 Å². The highest BCUT2D eigenvalue weighted by molar-refractivity contribution is 7.24. The van der Waals surface area contributed by atoms with Gasteiger partial charge >= 0.3 is 0 Å². The van der Waals surface area contributed by atoms with E-state index in [1.165, 1.54) is 16.2 Å². The number of ether oxygens (including phenoxy) is 1. The van der Waals surface area contributed by atoms with E-state index in [9.17, 15) is 4.79 Å². The minimum Gasteiger partial charge on any atom is -0.368 e. The number of aromatic nitrogens is 1.